The van der Waals surface area contributed by atoms with Gasteiger partial charge in [0.15, 0.2) is 8.32 Å². The van der Waals surface area contributed by atoms with Crippen LogP contribution in [0.15, 0.2) is 73.1 Å². The highest BCUT2D eigenvalue weighted by Gasteiger charge is 2.38. The molecule has 5 rings (SSSR count). The fraction of sp³-hybridized carbons (Fsp3) is 0.417. The zero-order valence-electron chi connectivity index (χ0n) is 27.0. The highest BCUT2D eigenvalue weighted by Crippen LogP contribution is 2.40. The van der Waals surface area contributed by atoms with Crippen LogP contribution >= 0.6 is 0 Å². The van der Waals surface area contributed by atoms with E-state index in [-0.39, 0.29) is 10.9 Å². The molecule has 0 fully saturated rings. The van der Waals surface area contributed by atoms with Gasteiger partial charge in [-0.1, -0.05) is 64.1 Å². The van der Waals surface area contributed by atoms with Crippen molar-refractivity contribution in [2.24, 2.45) is 0 Å². The number of benzene rings is 2. The molecule has 2 aromatic carbocycles. The van der Waals surface area contributed by atoms with Crippen LogP contribution in [0.5, 0.6) is 5.75 Å². The Labute approximate surface area is 263 Å². The van der Waals surface area contributed by atoms with E-state index in [1.165, 1.54) is 5.56 Å². The predicted molar refractivity (Wildman–Crippen MR) is 179 cm³/mol. The molecule has 0 radical (unpaired) electrons. The first-order valence-electron chi connectivity index (χ1n) is 15.8. The largest absolute Gasteiger partial charge is 0.489 e. The van der Waals surface area contributed by atoms with E-state index in [1.54, 1.807) is 12.4 Å². The van der Waals surface area contributed by atoms with Gasteiger partial charge < -0.3 is 14.4 Å². The van der Waals surface area contributed by atoms with Crippen LogP contribution in [-0.2, 0) is 13.2 Å². The molecule has 0 saturated carbocycles. The van der Waals surface area contributed by atoms with Gasteiger partial charge in [-0.3, -0.25) is 14.5 Å². The van der Waals surface area contributed by atoms with Crippen LogP contribution < -0.4 is 4.74 Å². The first-order valence-corrected chi connectivity index (χ1v) is 18.8. The quantitative estimate of drug-likeness (QED) is 0.165. The van der Waals surface area contributed by atoms with E-state index in [2.05, 4.69) is 56.9 Å². The molecule has 1 unspecified atom stereocenters. The summed E-state index contributed by atoms with van der Waals surface area (Å²) in [5.41, 5.74) is 6.56. The van der Waals surface area contributed by atoms with Crippen molar-refractivity contribution in [1.82, 2.24) is 19.7 Å². The number of ether oxygens (including phenoxy) is 1. The summed E-state index contributed by atoms with van der Waals surface area (Å²) in [6, 6.07) is 20.5. The Morgan fingerprint density at radius 3 is 2.30 bits per heavy atom. The second-order valence-electron chi connectivity index (χ2n) is 13.2. The molecule has 3 heterocycles. The zero-order valence-corrected chi connectivity index (χ0v) is 28.0. The number of hydrogen-bond acceptors (Lipinski definition) is 5. The lowest BCUT2D eigenvalue weighted by Gasteiger charge is -2.36. The molecule has 4 aromatic rings. The molecule has 1 atom stereocenters. The predicted octanol–water partition coefficient (Wildman–Crippen LogP) is 7.92. The van der Waals surface area contributed by atoms with Crippen LogP contribution in [0.1, 0.15) is 74.5 Å². The molecule has 1 N–H and O–H groups in total. The normalized spacial score (nSPS) is 14.4. The molecule has 1 aliphatic heterocycles. The molecule has 1 amide bonds. The fourth-order valence-electron chi connectivity index (χ4n) is 5.59. The van der Waals surface area contributed by atoms with Gasteiger partial charge in [-0.05, 0) is 84.3 Å². The van der Waals surface area contributed by atoms with E-state index in [0.29, 0.717) is 37.9 Å². The molecule has 44 heavy (non-hydrogen) atoms. The van der Waals surface area contributed by atoms with Crippen LogP contribution in [0.25, 0.3) is 22.4 Å². The maximum atomic E-state index is 14.0. The van der Waals surface area contributed by atoms with Gasteiger partial charge in [0.05, 0.1) is 6.54 Å². The molecular formula is C36H46N4O3Si. The minimum Gasteiger partial charge on any atom is -0.489 e. The van der Waals surface area contributed by atoms with Crippen molar-refractivity contribution in [2.45, 2.75) is 84.2 Å². The van der Waals surface area contributed by atoms with Crippen molar-refractivity contribution in [1.29, 1.82) is 0 Å². The van der Waals surface area contributed by atoms with Crippen molar-refractivity contribution < 1.29 is 14.3 Å². The Hall–Kier alpha value is -3.75. The number of hydrogen-bond donors (Lipinski definition) is 1. The summed E-state index contributed by atoms with van der Waals surface area (Å²) in [6.45, 7) is 15.1. The Balaban J connectivity index is 1.37. The number of carbonyl (C=O) groups is 1. The molecule has 7 nitrogen and oxygen atoms in total. The van der Waals surface area contributed by atoms with Crippen LogP contribution in [-0.4, -0.2) is 51.8 Å². The standard InChI is InChI=1S/C36H46N4O3Si/c1-7-26(2)28-11-9-27(10-12-28)25-43-31-15-13-29(14-16-31)32-33(30-17-20-37-21-18-30)38-40-24-23-39(35(41)34(32)40)22-8-19-36(3,4)44(5,6)42/h9-18,20-21,26,42H,7-8,19,22-25H2,1-6H3. The van der Waals surface area contributed by atoms with Crippen LogP contribution in [0, 0.1) is 0 Å². The number of nitrogens with zero attached hydrogens (tertiary/aromatic N) is 4. The highest BCUT2D eigenvalue weighted by molar-refractivity contribution is 6.72. The van der Waals surface area contributed by atoms with Gasteiger partial charge in [0.1, 0.15) is 23.7 Å². The third-order valence-corrected chi connectivity index (χ3v) is 13.1. The Kier molecular flexibility index (Phi) is 9.41. The van der Waals surface area contributed by atoms with Crippen molar-refractivity contribution in [3.63, 3.8) is 0 Å². The van der Waals surface area contributed by atoms with E-state index in [0.717, 1.165) is 53.0 Å². The number of fused-ring (bicyclic) bond motifs is 1. The summed E-state index contributed by atoms with van der Waals surface area (Å²) in [6.07, 6.45) is 6.36. The number of amides is 1. The van der Waals surface area contributed by atoms with Crippen LogP contribution in [0.3, 0.4) is 0 Å². The lowest BCUT2D eigenvalue weighted by molar-refractivity contribution is 0.0694. The summed E-state index contributed by atoms with van der Waals surface area (Å²) in [5, 5.41) is 4.82. The zero-order chi connectivity index (χ0) is 31.5. The third-order valence-electron chi connectivity index (χ3n) is 9.57. The molecular weight excluding hydrogens is 565 g/mol. The lowest BCUT2D eigenvalue weighted by Crippen LogP contribution is -2.42. The van der Waals surface area contributed by atoms with Crippen molar-refractivity contribution >= 4 is 14.2 Å². The second-order valence-corrected chi connectivity index (χ2v) is 17.7. The van der Waals surface area contributed by atoms with Gasteiger partial charge in [-0.15, -0.1) is 0 Å². The van der Waals surface area contributed by atoms with Gasteiger partial charge in [-0.25, -0.2) is 0 Å². The SMILES string of the molecule is CCC(C)c1ccc(COc2ccc(-c3c(-c4ccncc4)nn4c3C(=O)N(CCCC(C)(C)[Si](C)(C)O)CC4)cc2)cc1. The first kappa shape index (κ1) is 31.7. The van der Waals surface area contributed by atoms with Gasteiger partial charge in [0.2, 0.25) is 0 Å². The Bertz CT molecular complexity index is 1560. The summed E-state index contributed by atoms with van der Waals surface area (Å²) < 4.78 is 8.00. The first-order chi connectivity index (χ1) is 21.0. The summed E-state index contributed by atoms with van der Waals surface area (Å²) in [7, 11) is -2.30. The van der Waals surface area contributed by atoms with E-state index in [9.17, 15) is 9.59 Å². The van der Waals surface area contributed by atoms with Crippen molar-refractivity contribution in [3.8, 4) is 28.1 Å². The maximum absolute atomic E-state index is 14.0. The molecule has 0 aliphatic carbocycles. The van der Waals surface area contributed by atoms with E-state index < -0.39 is 8.32 Å². The monoisotopic (exact) mass is 610 g/mol. The fourth-order valence-corrected chi connectivity index (χ4v) is 6.38. The number of carbonyl (C=O) groups excluding carboxylic acids is 1. The Morgan fingerprint density at radius 2 is 1.66 bits per heavy atom. The average molecular weight is 611 g/mol. The lowest BCUT2D eigenvalue weighted by atomic mass is 9.97. The molecule has 0 bridgehead atoms. The highest BCUT2D eigenvalue weighted by atomic mass is 28.4. The van der Waals surface area contributed by atoms with E-state index in [1.807, 2.05) is 59.1 Å². The molecule has 2 aromatic heterocycles. The summed E-state index contributed by atoms with van der Waals surface area (Å²) in [4.78, 5) is 30.9. The average Bonchev–Trinajstić information content (AvgIpc) is 3.41. The molecule has 232 valence electrons. The van der Waals surface area contributed by atoms with E-state index in [4.69, 9.17) is 9.84 Å². The van der Waals surface area contributed by atoms with Crippen LogP contribution in [0.2, 0.25) is 18.1 Å². The van der Waals surface area contributed by atoms with Gasteiger partial charge in [-0.2, -0.15) is 5.10 Å². The van der Waals surface area contributed by atoms with Gasteiger partial charge >= 0.3 is 0 Å². The van der Waals surface area contributed by atoms with E-state index >= 15 is 0 Å². The summed E-state index contributed by atoms with van der Waals surface area (Å²) in [5.74, 6) is 1.33. The molecule has 0 spiro atoms. The molecule has 8 heteroatoms. The van der Waals surface area contributed by atoms with Gasteiger partial charge in [0.25, 0.3) is 5.91 Å². The Morgan fingerprint density at radius 1 is 0.977 bits per heavy atom. The minimum absolute atomic E-state index is 0.00136. The number of pyridine rings is 1. The second kappa shape index (κ2) is 13.1. The minimum atomic E-state index is -2.30. The number of aromatic nitrogens is 3. The molecule has 0 saturated heterocycles. The topological polar surface area (TPSA) is 80.5 Å². The van der Waals surface area contributed by atoms with Crippen molar-refractivity contribution in [2.75, 3.05) is 13.1 Å². The van der Waals surface area contributed by atoms with Crippen molar-refractivity contribution in [3.05, 3.63) is 89.9 Å². The smallest absolute Gasteiger partial charge is 0.272 e. The van der Waals surface area contributed by atoms with Gasteiger partial charge in [0, 0.05) is 36.6 Å². The van der Waals surface area contributed by atoms with Crippen LogP contribution in [0.4, 0.5) is 0 Å². The third kappa shape index (κ3) is 6.81. The maximum Gasteiger partial charge on any atom is 0.272 e. The summed E-state index contributed by atoms with van der Waals surface area (Å²) >= 11 is 0. The molecule has 1 aliphatic rings. The number of rotatable bonds is 12.